The van der Waals surface area contributed by atoms with Crippen LogP contribution in [0.4, 0.5) is 15.0 Å². The van der Waals surface area contributed by atoms with Crippen molar-refractivity contribution < 1.29 is 13.9 Å². The molecule has 1 aromatic heterocycles. The van der Waals surface area contributed by atoms with Crippen LogP contribution in [0.1, 0.15) is 52.0 Å². The van der Waals surface area contributed by atoms with Gasteiger partial charge in [0.15, 0.2) is 11.6 Å². The number of amides is 1. The van der Waals surface area contributed by atoms with Gasteiger partial charge in [0.1, 0.15) is 17.3 Å². The number of nitrogens with one attached hydrogen (secondary N) is 2. The van der Waals surface area contributed by atoms with Gasteiger partial charge in [-0.25, -0.2) is 14.2 Å². The summed E-state index contributed by atoms with van der Waals surface area (Å²) in [6.07, 6.45) is 2.22. The van der Waals surface area contributed by atoms with E-state index in [-0.39, 0.29) is 34.2 Å². The van der Waals surface area contributed by atoms with Crippen LogP contribution in [-0.2, 0) is 4.74 Å². The monoisotopic (exact) mass is 368 g/mol. The summed E-state index contributed by atoms with van der Waals surface area (Å²) in [5, 5.41) is 14.6. The van der Waals surface area contributed by atoms with Crippen LogP contribution in [0.15, 0.2) is 6.07 Å². The Kier molecular flexibility index (Phi) is 6.07. The van der Waals surface area contributed by atoms with E-state index in [1.54, 1.807) is 6.07 Å². The normalized spacial score (nSPS) is 20.5. The predicted octanol–water partition coefficient (Wildman–Crippen LogP) is 3.99. The predicted molar refractivity (Wildman–Crippen MR) is 93.0 cm³/mol. The molecule has 0 aromatic carbocycles. The van der Waals surface area contributed by atoms with Crippen molar-refractivity contribution in [3.8, 4) is 6.07 Å². The molecule has 1 aliphatic rings. The lowest BCUT2D eigenvalue weighted by Crippen LogP contribution is -2.43. The molecule has 136 valence electrons. The minimum Gasteiger partial charge on any atom is -0.446 e. The lowest BCUT2D eigenvalue weighted by atomic mass is 9.93. The summed E-state index contributed by atoms with van der Waals surface area (Å²) in [6, 6.07) is 2.87. The zero-order chi connectivity index (χ0) is 18.6. The first-order valence-corrected chi connectivity index (χ1v) is 8.57. The van der Waals surface area contributed by atoms with E-state index in [4.69, 9.17) is 21.6 Å². The number of ether oxygens (including phenoxy) is 1. The molecule has 6 nitrogen and oxygen atoms in total. The van der Waals surface area contributed by atoms with Gasteiger partial charge in [-0.3, -0.25) is 0 Å². The zero-order valence-electron chi connectivity index (χ0n) is 14.5. The Labute approximate surface area is 151 Å². The van der Waals surface area contributed by atoms with Crippen molar-refractivity contribution in [1.29, 1.82) is 5.26 Å². The summed E-state index contributed by atoms with van der Waals surface area (Å²) in [5.74, 6) is -0.567. The van der Waals surface area contributed by atoms with Crippen molar-refractivity contribution in [3.05, 3.63) is 22.6 Å². The Morgan fingerprint density at radius 1 is 1.40 bits per heavy atom. The van der Waals surface area contributed by atoms with Gasteiger partial charge in [0, 0.05) is 11.6 Å². The number of carbonyl (C=O) groups excluding carboxylic acids is 1. The number of anilines is 1. The third kappa shape index (κ3) is 5.75. The maximum atomic E-state index is 14.0. The quantitative estimate of drug-likeness (QED) is 0.787. The summed E-state index contributed by atoms with van der Waals surface area (Å²) in [7, 11) is 0. The molecule has 25 heavy (non-hydrogen) atoms. The van der Waals surface area contributed by atoms with Crippen molar-refractivity contribution >= 4 is 23.5 Å². The standard InChI is InChI=1S/C17H22ClFN4O2/c1-17(2,3)23-16(24)25-12-6-4-11(5-7-12)21-15-13(19)8-10(9-20)14(18)22-15/h8,11-12H,4-7H2,1-3H3,(H,21,22)(H,23,24). The highest BCUT2D eigenvalue weighted by molar-refractivity contribution is 6.30. The van der Waals surface area contributed by atoms with Crippen LogP contribution in [0.2, 0.25) is 5.15 Å². The van der Waals surface area contributed by atoms with E-state index in [9.17, 15) is 9.18 Å². The van der Waals surface area contributed by atoms with Crippen LogP contribution in [0.3, 0.4) is 0 Å². The fraction of sp³-hybridized carbons (Fsp3) is 0.588. The maximum absolute atomic E-state index is 14.0. The molecule has 1 fully saturated rings. The lowest BCUT2D eigenvalue weighted by Gasteiger charge is -2.30. The number of hydrogen-bond acceptors (Lipinski definition) is 5. The second kappa shape index (κ2) is 7.87. The third-order valence-corrected chi connectivity index (χ3v) is 4.10. The molecule has 0 aliphatic heterocycles. The topological polar surface area (TPSA) is 87.0 Å². The Bertz CT molecular complexity index is 676. The third-order valence-electron chi connectivity index (χ3n) is 3.82. The highest BCUT2D eigenvalue weighted by Gasteiger charge is 2.26. The lowest BCUT2D eigenvalue weighted by molar-refractivity contribution is 0.0682. The Balaban J connectivity index is 1.86. The molecule has 2 rings (SSSR count). The summed E-state index contributed by atoms with van der Waals surface area (Å²) in [5.41, 5.74) is -0.333. The van der Waals surface area contributed by atoms with Gasteiger partial charge < -0.3 is 15.4 Å². The molecule has 0 bridgehead atoms. The van der Waals surface area contributed by atoms with Gasteiger partial charge in [0.25, 0.3) is 0 Å². The smallest absolute Gasteiger partial charge is 0.407 e. The molecule has 1 amide bonds. The van der Waals surface area contributed by atoms with Crippen LogP contribution in [0.25, 0.3) is 0 Å². The number of rotatable bonds is 3. The van der Waals surface area contributed by atoms with E-state index < -0.39 is 11.9 Å². The summed E-state index contributed by atoms with van der Waals surface area (Å²) < 4.78 is 19.4. The Morgan fingerprint density at radius 2 is 2.04 bits per heavy atom. The number of pyridine rings is 1. The van der Waals surface area contributed by atoms with Gasteiger partial charge >= 0.3 is 6.09 Å². The van der Waals surface area contributed by atoms with Gasteiger partial charge in [0.05, 0.1) is 5.56 Å². The first kappa shape index (κ1) is 19.3. The summed E-state index contributed by atoms with van der Waals surface area (Å²) >= 11 is 5.85. The van der Waals surface area contributed by atoms with Gasteiger partial charge in [-0.05, 0) is 52.5 Å². The fourth-order valence-electron chi connectivity index (χ4n) is 2.65. The number of carbonyl (C=O) groups is 1. The molecule has 1 aliphatic carbocycles. The van der Waals surface area contributed by atoms with Crippen molar-refractivity contribution in [2.75, 3.05) is 5.32 Å². The summed E-state index contributed by atoms with van der Waals surface area (Å²) in [6.45, 7) is 5.66. The van der Waals surface area contributed by atoms with Gasteiger partial charge in [-0.2, -0.15) is 5.26 Å². The van der Waals surface area contributed by atoms with E-state index in [0.29, 0.717) is 25.7 Å². The first-order valence-electron chi connectivity index (χ1n) is 8.19. The van der Waals surface area contributed by atoms with Crippen LogP contribution >= 0.6 is 11.6 Å². The van der Waals surface area contributed by atoms with E-state index in [1.165, 1.54) is 0 Å². The number of nitriles is 1. The largest absolute Gasteiger partial charge is 0.446 e. The average molecular weight is 369 g/mol. The van der Waals surface area contributed by atoms with Crippen molar-refractivity contribution in [2.24, 2.45) is 0 Å². The molecular formula is C17H22ClFN4O2. The highest BCUT2D eigenvalue weighted by Crippen LogP contribution is 2.26. The van der Waals surface area contributed by atoms with Crippen LogP contribution < -0.4 is 10.6 Å². The Morgan fingerprint density at radius 3 is 2.60 bits per heavy atom. The van der Waals surface area contributed by atoms with Crippen LogP contribution in [0, 0.1) is 17.1 Å². The minimum atomic E-state index is -0.608. The highest BCUT2D eigenvalue weighted by atomic mass is 35.5. The Hall–Kier alpha value is -2.07. The molecule has 0 spiro atoms. The van der Waals surface area contributed by atoms with E-state index >= 15 is 0 Å². The SMILES string of the molecule is CC(C)(C)NC(=O)OC1CCC(Nc2nc(Cl)c(C#N)cc2F)CC1. The molecule has 0 atom stereocenters. The molecule has 1 aromatic rings. The van der Waals surface area contributed by atoms with E-state index in [2.05, 4.69) is 15.6 Å². The zero-order valence-corrected chi connectivity index (χ0v) is 15.3. The molecule has 8 heteroatoms. The molecule has 0 radical (unpaired) electrons. The van der Waals surface area contributed by atoms with Crippen molar-refractivity contribution in [3.63, 3.8) is 0 Å². The van der Waals surface area contributed by atoms with Gasteiger partial charge in [-0.1, -0.05) is 11.6 Å². The van der Waals surface area contributed by atoms with Gasteiger partial charge in [-0.15, -0.1) is 0 Å². The van der Waals surface area contributed by atoms with Crippen molar-refractivity contribution in [2.45, 2.75) is 64.1 Å². The van der Waals surface area contributed by atoms with Crippen molar-refractivity contribution in [1.82, 2.24) is 10.3 Å². The second-order valence-electron chi connectivity index (χ2n) is 7.17. The number of halogens is 2. The maximum Gasteiger partial charge on any atom is 0.407 e. The summed E-state index contributed by atoms with van der Waals surface area (Å²) in [4.78, 5) is 15.7. The minimum absolute atomic E-state index is 0.00619. The molecule has 1 heterocycles. The molecule has 1 saturated carbocycles. The molecule has 0 saturated heterocycles. The molecular weight excluding hydrogens is 347 g/mol. The number of alkyl carbamates (subject to hydrolysis) is 1. The van der Waals surface area contributed by atoms with E-state index in [0.717, 1.165) is 6.07 Å². The molecule has 0 unspecified atom stereocenters. The van der Waals surface area contributed by atoms with E-state index in [1.807, 2.05) is 20.8 Å². The van der Waals surface area contributed by atoms with Crippen LogP contribution in [0.5, 0.6) is 0 Å². The average Bonchev–Trinajstić information content (AvgIpc) is 2.50. The number of hydrogen-bond donors (Lipinski definition) is 2. The second-order valence-corrected chi connectivity index (χ2v) is 7.53. The number of nitrogens with zero attached hydrogens (tertiary/aromatic N) is 2. The molecule has 2 N–H and O–H groups in total. The fourth-order valence-corrected chi connectivity index (χ4v) is 2.83. The number of aromatic nitrogens is 1. The first-order chi connectivity index (χ1) is 11.7. The van der Waals surface area contributed by atoms with Crippen LogP contribution in [-0.4, -0.2) is 28.8 Å². The van der Waals surface area contributed by atoms with Gasteiger partial charge in [0.2, 0.25) is 0 Å².